The largest absolute Gasteiger partial charge is 0.396 e. The van der Waals surface area contributed by atoms with Gasteiger partial charge in [0.25, 0.3) is 0 Å². The van der Waals surface area contributed by atoms with E-state index in [1.807, 2.05) is 30.3 Å². The van der Waals surface area contributed by atoms with E-state index in [9.17, 15) is 0 Å². The van der Waals surface area contributed by atoms with Crippen LogP contribution in [0.5, 0.6) is 0 Å². The summed E-state index contributed by atoms with van der Waals surface area (Å²) < 4.78 is 5.36. The van der Waals surface area contributed by atoms with Gasteiger partial charge in [0, 0.05) is 24.7 Å². The Morgan fingerprint density at radius 3 is 2.69 bits per heavy atom. The quantitative estimate of drug-likeness (QED) is 0.330. The molecule has 26 heavy (non-hydrogen) atoms. The number of allylic oxidation sites excluding steroid dienone is 1. The zero-order valence-electron chi connectivity index (χ0n) is 16.0. The maximum absolute atomic E-state index is 5.94. The Hall–Kier alpha value is -1.36. The average Bonchev–Trinajstić information content (AvgIpc) is 2.65. The van der Waals surface area contributed by atoms with Gasteiger partial charge in [-0.3, -0.25) is 4.90 Å². The molecule has 2 rings (SSSR count). The maximum atomic E-state index is 5.94. The van der Waals surface area contributed by atoms with Crippen LogP contribution >= 0.6 is 11.6 Å². The molecule has 144 valence electrons. The normalized spacial score (nSPS) is 16.5. The second-order valence-electron chi connectivity index (χ2n) is 7.04. The van der Waals surface area contributed by atoms with Crippen molar-refractivity contribution in [1.29, 1.82) is 0 Å². The molecule has 4 nitrogen and oxygen atoms in total. The minimum atomic E-state index is 0.644. The molecule has 0 aromatic heterocycles. The van der Waals surface area contributed by atoms with Crippen LogP contribution in [0.2, 0.25) is 5.02 Å². The number of rotatable bonds is 10. The molecule has 0 radical (unpaired) electrons. The average molecular weight is 379 g/mol. The van der Waals surface area contributed by atoms with Crippen molar-refractivity contribution >= 4 is 23.4 Å². The van der Waals surface area contributed by atoms with Crippen molar-refractivity contribution in [3.05, 3.63) is 40.9 Å². The number of halogens is 1. The number of nitrogens with zero attached hydrogens (tertiary/aromatic N) is 2. The fraction of sp³-hybridized carbons (Fsp3) is 0.571. The van der Waals surface area contributed by atoms with Crippen molar-refractivity contribution in [2.24, 2.45) is 11.1 Å². The number of ether oxygens (including phenoxy) is 1. The lowest BCUT2D eigenvalue weighted by molar-refractivity contribution is 0.0322. The number of morpholine rings is 1. The van der Waals surface area contributed by atoms with Gasteiger partial charge in [-0.05, 0) is 49.0 Å². The Labute approximate surface area is 162 Å². The lowest BCUT2D eigenvalue weighted by Gasteiger charge is -2.26. The third-order valence-electron chi connectivity index (χ3n) is 4.31. The molecule has 0 saturated carbocycles. The van der Waals surface area contributed by atoms with Crippen LogP contribution in [0, 0.1) is 5.92 Å². The van der Waals surface area contributed by atoms with Gasteiger partial charge >= 0.3 is 0 Å². The van der Waals surface area contributed by atoms with Crippen LogP contribution in [-0.4, -0.2) is 50.1 Å². The Balaban J connectivity index is 1.80. The summed E-state index contributed by atoms with van der Waals surface area (Å²) in [6, 6.07) is 7.80. The summed E-state index contributed by atoms with van der Waals surface area (Å²) >= 11 is 5.94. The van der Waals surface area contributed by atoms with Gasteiger partial charge in [0.2, 0.25) is 0 Å². The Morgan fingerprint density at radius 2 is 2.00 bits per heavy atom. The summed E-state index contributed by atoms with van der Waals surface area (Å²) in [6.45, 7) is 9.87. The van der Waals surface area contributed by atoms with Crippen LogP contribution in [0.15, 0.2) is 35.5 Å². The number of benzene rings is 1. The zero-order chi connectivity index (χ0) is 18.6. The van der Waals surface area contributed by atoms with E-state index in [0.717, 1.165) is 68.4 Å². The molecular formula is C21H31ClN2O2. The number of oxime groups is 1. The standard InChI is InChI=1S/C21H31ClN2O2/c1-18(2)4-10-21(11-7-19-5-8-20(22)9-6-19)23-26-15-3-12-24-13-16-25-17-14-24/h5-9,11,18H,3-4,10,12-17H2,1-2H3/b11-7+,23-21+. The Morgan fingerprint density at radius 1 is 1.27 bits per heavy atom. The molecule has 0 unspecified atom stereocenters. The smallest absolute Gasteiger partial charge is 0.118 e. The molecule has 1 aromatic carbocycles. The summed E-state index contributed by atoms with van der Waals surface area (Å²) in [5, 5.41) is 5.12. The highest BCUT2D eigenvalue weighted by atomic mass is 35.5. The first-order valence-electron chi connectivity index (χ1n) is 9.56. The van der Waals surface area contributed by atoms with Gasteiger partial charge in [-0.15, -0.1) is 0 Å². The van der Waals surface area contributed by atoms with Crippen molar-refractivity contribution < 1.29 is 9.57 Å². The minimum Gasteiger partial charge on any atom is -0.396 e. The molecule has 1 aromatic rings. The van der Waals surface area contributed by atoms with Crippen molar-refractivity contribution in [3.63, 3.8) is 0 Å². The third kappa shape index (κ3) is 8.84. The van der Waals surface area contributed by atoms with Gasteiger partial charge in [0.15, 0.2) is 0 Å². The van der Waals surface area contributed by atoms with E-state index in [0.29, 0.717) is 12.5 Å². The molecule has 1 saturated heterocycles. The van der Waals surface area contributed by atoms with Crippen LogP contribution in [-0.2, 0) is 9.57 Å². The summed E-state index contributed by atoms with van der Waals surface area (Å²) in [6.07, 6.45) is 7.12. The molecule has 0 amide bonds. The highest BCUT2D eigenvalue weighted by Gasteiger charge is 2.09. The predicted molar refractivity (Wildman–Crippen MR) is 110 cm³/mol. The first kappa shape index (κ1) is 20.9. The number of hydrogen-bond donors (Lipinski definition) is 0. The SMILES string of the molecule is CC(C)CCC(/C=C/c1ccc(Cl)cc1)=N\OCCCN1CCOCC1. The third-order valence-corrected chi connectivity index (χ3v) is 4.56. The van der Waals surface area contributed by atoms with Crippen molar-refractivity contribution in [1.82, 2.24) is 4.90 Å². The zero-order valence-corrected chi connectivity index (χ0v) is 16.8. The highest BCUT2D eigenvalue weighted by Crippen LogP contribution is 2.12. The first-order chi connectivity index (χ1) is 12.6. The van der Waals surface area contributed by atoms with Crippen molar-refractivity contribution in [2.75, 3.05) is 39.5 Å². The molecule has 0 spiro atoms. The van der Waals surface area contributed by atoms with Gasteiger partial charge < -0.3 is 9.57 Å². The molecule has 1 heterocycles. The van der Waals surface area contributed by atoms with E-state index >= 15 is 0 Å². The molecule has 5 heteroatoms. The Kier molecular flexibility index (Phi) is 9.75. The maximum Gasteiger partial charge on any atom is 0.118 e. The number of hydrogen-bond acceptors (Lipinski definition) is 4. The summed E-state index contributed by atoms with van der Waals surface area (Å²) in [7, 11) is 0. The van der Waals surface area contributed by atoms with Crippen LogP contribution < -0.4 is 0 Å². The first-order valence-corrected chi connectivity index (χ1v) is 9.94. The molecule has 1 aliphatic heterocycles. The molecule has 1 aliphatic rings. The summed E-state index contributed by atoms with van der Waals surface area (Å²) in [5.74, 6) is 0.644. The van der Waals surface area contributed by atoms with Gasteiger partial charge in [-0.25, -0.2) is 0 Å². The van der Waals surface area contributed by atoms with Crippen LogP contribution in [0.4, 0.5) is 0 Å². The Bertz CT molecular complexity index is 564. The van der Waals surface area contributed by atoms with Gasteiger partial charge in [-0.2, -0.15) is 0 Å². The molecule has 0 bridgehead atoms. The van der Waals surface area contributed by atoms with Gasteiger partial charge in [-0.1, -0.05) is 48.8 Å². The molecular weight excluding hydrogens is 348 g/mol. The second-order valence-corrected chi connectivity index (χ2v) is 7.48. The lowest BCUT2D eigenvalue weighted by atomic mass is 10.0. The van der Waals surface area contributed by atoms with E-state index in [2.05, 4.69) is 30.0 Å². The highest BCUT2D eigenvalue weighted by molar-refractivity contribution is 6.30. The van der Waals surface area contributed by atoms with Gasteiger partial charge in [0.1, 0.15) is 6.61 Å². The molecule has 1 fully saturated rings. The topological polar surface area (TPSA) is 34.1 Å². The van der Waals surface area contributed by atoms with Crippen LogP contribution in [0.25, 0.3) is 6.08 Å². The van der Waals surface area contributed by atoms with E-state index in [-0.39, 0.29) is 0 Å². The van der Waals surface area contributed by atoms with Gasteiger partial charge in [0.05, 0.1) is 18.9 Å². The minimum absolute atomic E-state index is 0.644. The van der Waals surface area contributed by atoms with E-state index in [1.165, 1.54) is 0 Å². The van der Waals surface area contributed by atoms with Crippen molar-refractivity contribution in [3.8, 4) is 0 Å². The molecule has 0 aliphatic carbocycles. The van der Waals surface area contributed by atoms with Crippen molar-refractivity contribution in [2.45, 2.75) is 33.1 Å². The monoisotopic (exact) mass is 378 g/mol. The summed E-state index contributed by atoms with van der Waals surface area (Å²) in [5.41, 5.74) is 2.10. The molecule has 0 atom stereocenters. The fourth-order valence-corrected chi connectivity index (χ4v) is 2.79. The molecule has 0 N–H and O–H groups in total. The van der Waals surface area contributed by atoms with E-state index < -0.39 is 0 Å². The predicted octanol–water partition coefficient (Wildman–Crippen LogP) is 4.88. The lowest BCUT2D eigenvalue weighted by Crippen LogP contribution is -2.37. The summed E-state index contributed by atoms with van der Waals surface area (Å²) in [4.78, 5) is 8.00. The second kappa shape index (κ2) is 12.1. The van der Waals surface area contributed by atoms with E-state index in [4.69, 9.17) is 21.2 Å². The van der Waals surface area contributed by atoms with Crippen LogP contribution in [0.3, 0.4) is 0 Å². The van der Waals surface area contributed by atoms with Crippen LogP contribution in [0.1, 0.15) is 38.7 Å². The van der Waals surface area contributed by atoms with E-state index in [1.54, 1.807) is 0 Å². The fourth-order valence-electron chi connectivity index (χ4n) is 2.67.